The van der Waals surface area contributed by atoms with E-state index in [1.165, 1.54) is 11.6 Å². The Morgan fingerprint density at radius 2 is 1.68 bits per heavy atom. The van der Waals surface area contributed by atoms with Crippen molar-refractivity contribution >= 4 is 41.1 Å². The van der Waals surface area contributed by atoms with E-state index in [2.05, 4.69) is 5.32 Å². The number of aromatic carboxylic acids is 1. The minimum Gasteiger partial charge on any atom is -0.478 e. The number of amides is 1. The number of benzene rings is 2. The van der Waals surface area contributed by atoms with Gasteiger partial charge in [0, 0.05) is 22.8 Å². The predicted molar refractivity (Wildman–Crippen MR) is 105 cm³/mol. The van der Waals surface area contributed by atoms with Gasteiger partial charge in [-0.2, -0.15) is 0 Å². The fourth-order valence-corrected chi connectivity index (χ4v) is 5.61. The molecule has 0 radical (unpaired) electrons. The van der Waals surface area contributed by atoms with E-state index in [0.29, 0.717) is 21.4 Å². The fraction of sp³-hybridized carbons (Fsp3) is 0.263. The van der Waals surface area contributed by atoms with Crippen molar-refractivity contribution in [3.05, 3.63) is 64.2 Å². The quantitative estimate of drug-likeness (QED) is 0.811. The average Bonchev–Trinajstić information content (AvgIpc) is 3.11. The summed E-state index contributed by atoms with van der Waals surface area (Å²) >= 11 is 3.85. The zero-order chi connectivity index (χ0) is 18.0. The third kappa shape index (κ3) is 4.02. The van der Waals surface area contributed by atoms with Crippen molar-refractivity contribution in [3.8, 4) is 0 Å². The Bertz CT molecular complexity index is 812. The van der Waals surface area contributed by atoms with Crippen LogP contribution in [-0.4, -0.2) is 28.5 Å². The average molecular weight is 373 g/mol. The minimum atomic E-state index is -0.996. The van der Waals surface area contributed by atoms with Gasteiger partial charge >= 0.3 is 5.97 Å². The molecule has 1 heterocycles. The van der Waals surface area contributed by atoms with Crippen LogP contribution in [0.4, 0.5) is 5.69 Å². The third-order valence-corrected chi connectivity index (χ3v) is 7.22. The first-order valence-corrected chi connectivity index (χ1v) is 10.0. The molecule has 2 N–H and O–H groups in total. The van der Waals surface area contributed by atoms with Crippen LogP contribution in [-0.2, 0) is 0 Å². The van der Waals surface area contributed by atoms with Crippen LogP contribution in [0.5, 0.6) is 0 Å². The van der Waals surface area contributed by atoms with E-state index < -0.39 is 5.97 Å². The molecule has 0 unspecified atom stereocenters. The van der Waals surface area contributed by atoms with E-state index >= 15 is 0 Å². The number of carboxylic acid groups (broad SMARTS) is 1. The maximum atomic E-state index is 12.5. The number of hydrogen-bond acceptors (Lipinski definition) is 4. The Kier molecular flexibility index (Phi) is 5.39. The predicted octanol–water partition coefficient (Wildman–Crippen LogP) is 4.73. The lowest BCUT2D eigenvalue weighted by Gasteiger charge is -2.12. The summed E-state index contributed by atoms with van der Waals surface area (Å²) in [6.07, 6.45) is 0. The van der Waals surface area contributed by atoms with Gasteiger partial charge in [0.15, 0.2) is 0 Å². The number of aryl methyl sites for hydroxylation is 2. The summed E-state index contributed by atoms with van der Waals surface area (Å²) in [6, 6.07) is 10.9. The lowest BCUT2D eigenvalue weighted by atomic mass is 10.0. The van der Waals surface area contributed by atoms with Crippen molar-refractivity contribution in [2.45, 2.75) is 18.4 Å². The summed E-state index contributed by atoms with van der Waals surface area (Å²) in [5.74, 6) is 1.09. The Hall–Kier alpha value is -1.92. The molecule has 1 aliphatic heterocycles. The molecule has 130 valence electrons. The maximum Gasteiger partial charge on any atom is 0.336 e. The van der Waals surface area contributed by atoms with Gasteiger partial charge in [-0.25, -0.2) is 4.79 Å². The number of thioether (sulfide) groups is 2. The largest absolute Gasteiger partial charge is 0.478 e. The first-order chi connectivity index (χ1) is 12.0. The van der Waals surface area contributed by atoms with Crippen molar-refractivity contribution in [2.75, 3.05) is 16.8 Å². The summed E-state index contributed by atoms with van der Waals surface area (Å²) in [7, 11) is 0. The van der Waals surface area contributed by atoms with Gasteiger partial charge < -0.3 is 10.4 Å². The SMILES string of the molecule is Cc1cc(C)c(C(=O)O)cc1NC(=O)c1ccc(C2SCCS2)cc1. The maximum absolute atomic E-state index is 12.5. The number of carbonyl (C=O) groups excluding carboxylic acids is 1. The molecule has 2 aromatic rings. The van der Waals surface area contributed by atoms with Crippen LogP contribution in [0.3, 0.4) is 0 Å². The highest BCUT2D eigenvalue weighted by Crippen LogP contribution is 2.45. The number of hydrogen-bond donors (Lipinski definition) is 2. The van der Waals surface area contributed by atoms with Gasteiger partial charge in [-0.3, -0.25) is 4.79 Å². The van der Waals surface area contributed by atoms with E-state index in [0.717, 1.165) is 17.1 Å². The molecule has 0 spiro atoms. The molecule has 3 rings (SSSR count). The van der Waals surface area contributed by atoms with Gasteiger partial charge in [0.2, 0.25) is 0 Å². The molecule has 1 aliphatic rings. The molecular formula is C19H19NO3S2. The van der Waals surface area contributed by atoms with Crippen molar-refractivity contribution in [2.24, 2.45) is 0 Å². The van der Waals surface area contributed by atoms with Crippen molar-refractivity contribution < 1.29 is 14.7 Å². The summed E-state index contributed by atoms with van der Waals surface area (Å²) < 4.78 is 0.453. The minimum absolute atomic E-state index is 0.200. The van der Waals surface area contributed by atoms with Crippen LogP contribution < -0.4 is 5.32 Å². The second kappa shape index (κ2) is 7.54. The molecule has 1 fully saturated rings. The summed E-state index contributed by atoms with van der Waals surface area (Å²) in [5, 5.41) is 12.1. The second-order valence-corrected chi connectivity index (χ2v) is 8.66. The van der Waals surface area contributed by atoms with Crippen LogP contribution in [0.25, 0.3) is 0 Å². The molecule has 4 nitrogen and oxygen atoms in total. The number of carbonyl (C=O) groups is 2. The molecule has 25 heavy (non-hydrogen) atoms. The van der Waals surface area contributed by atoms with E-state index in [1.807, 2.05) is 54.7 Å². The van der Waals surface area contributed by atoms with Gasteiger partial charge in [0.1, 0.15) is 0 Å². The second-order valence-electron chi connectivity index (χ2n) is 5.94. The van der Waals surface area contributed by atoms with Gasteiger partial charge in [-0.15, -0.1) is 23.5 Å². The van der Waals surface area contributed by atoms with Crippen LogP contribution in [0.2, 0.25) is 0 Å². The molecule has 0 aromatic heterocycles. The summed E-state index contributed by atoms with van der Waals surface area (Å²) in [6.45, 7) is 3.60. The van der Waals surface area contributed by atoms with Crippen LogP contribution in [0.15, 0.2) is 36.4 Å². The summed E-state index contributed by atoms with van der Waals surface area (Å²) in [4.78, 5) is 23.8. The molecule has 6 heteroatoms. The smallest absolute Gasteiger partial charge is 0.336 e. The Morgan fingerprint density at radius 1 is 1.04 bits per heavy atom. The van der Waals surface area contributed by atoms with E-state index in [9.17, 15) is 14.7 Å². The van der Waals surface area contributed by atoms with Gasteiger partial charge in [-0.05, 0) is 48.7 Å². The van der Waals surface area contributed by atoms with Gasteiger partial charge in [0.05, 0.1) is 10.1 Å². The van der Waals surface area contributed by atoms with E-state index in [-0.39, 0.29) is 11.5 Å². The van der Waals surface area contributed by atoms with Crippen molar-refractivity contribution in [1.82, 2.24) is 0 Å². The highest BCUT2D eigenvalue weighted by atomic mass is 32.2. The highest BCUT2D eigenvalue weighted by molar-refractivity contribution is 8.19. The number of nitrogens with one attached hydrogen (secondary N) is 1. The lowest BCUT2D eigenvalue weighted by Crippen LogP contribution is -2.14. The fourth-order valence-electron chi connectivity index (χ4n) is 2.75. The molecule has 2 aromatic carbocycles. The zero-order valence-corrected chi connectivity index (χ0v) is 15.7. The molecule has 0 saturated carbocycles. The molecule has 1 saturated heterocycles. The van der Waals surface area contributed by atoms with Crippen LogP contribution in [0.1, 0.15) is 42.0 Å². The van der Waals surface area contributed by atoms with Gasteiger partial charge in [0.25, 0.3) is 5.91 Å². The first-order valence-electron chi connectivity index (χ1n) is 7.95. The van der Waals surface area contributed by atoms with E-state index in [4.69, 9.17) is 0 Å². The molecule has 0 bridgehead atoms. The van der Waals surface area contributed by atoms with Crippen molar-refractivity contribution in [1.29, 1.82) is 0 Å². The van der Waals surface area contributed by atoms with Gasteiger partial charge in [-0.1, -0.05) is 18.2 Å². The Balaban J connectivity index is 1.78. The van der Waals surface area contributed by atoms with Crippen LogP contribution in [0, 0.1) is 13.8 Å². The molecule has 1 amide bonds. The van der Waals surface area contributed by atoms with Crippen LogP contribution >= 0.6 is 23.5 Å². The first kappa shape index (κ1) is 17.9. The number of rotatable bonds is 4. The molecular weight excluding hydrogens is 354 g/mol. The van der Waals surface area contributed by atoms with E-state index in [1.54, 1.807) is 13.0 Å². The van der Waals surface area contributed by atoms with Crippen molar-refractivity contribution in [3.63, 3.8) is 0 Å². The Morgan fingerprint density at radius 3 is 2.28 bits per heavy atom. The number of anilines is 1. The number of carboxylic acids is 1. The summed E-state index contributed by atoms with van der Waals surface area (Å²) in [5.41, 5.74) is 4.04. The zero-order valence-electron chi connectivity index (χ0n) is 14.0. The third-order valence-electron chi connectivity index (χ3n) is 4.12. The lowest BCUT2D eigenvalue weighted by molar-refractivity contribution is 0.0695. The molecule has 0 atom stereocenters. The molecule has 0 aliphatic carbocycles. The highest BCUT2D eigenvalue weighted by Gasteiger charge is 2.19. The topological polar surface area (TPSA) is 66.4 Å². The Labute approximate surface area is 155 Å². The standard InChI is InChI=1S/C19H19NO3S2/c1-11-9-12(2)16(10-15(11)18(22)23)20-17(21)13-3-5-14(6-4-13)19-24-7-8-25-19/h3-6,9-10,19H,7-8H2,1-2H3,(H,20,21)(H,22,23). The monoisotopic (exact) mass is 373 g/mol. The normalized spacial score (nSPS) is 14.5.